The smallest absolute Gasteiger partial charge is 0.462 e. The van der Waals surface area contributed by atoms with E-state index < -0.39 is 32.5 Å². The average molecular weight is 673 g/mol. The van der Waals surface area contributed by atoms with Gasteiger partial charge < -0.3 is 19.3 Å². The highest BCUT2D eigenvalue weighted by Crippen LogP contribution is 2.36. The zero-order valence-corrected chi connectivity index (χ0v) is 30.0. The van der Waals surface area contributed by atoms with Crippen LogP contribution in [0.5, 0.6) is 0 Å². The number of ketones is 1. The van der Waals surface area contributed by atoms with E-state index in [1.807, 2.05) is 6.08 Å². The molecule has 0 aliphatic carbocycles. The predicted octanol–water partition coefficient (Wildman–Crippen LogP) is 9.49. The molecule has 0 saturated heterocycles. The number of carbonyl (C=O) groups is 3. The maximum Gasteiger partial charge on any atom is 0.469 e. The van der Waals surface area contributed by atoms with E-state index in [-0.39, 0.29) is 25.2 Å². The second-order valence-corrected chi connectivity index (χ2v) is 14.0. The first-order valence-electron chi connectivity index (χ1n) is 17.9. The van der Waals surface area contributed by atoms with E-state index in [4.69, 9.17) is 19.3 Å². The van der Waals surface area contributed by atoms with Gasteiger partial charge in [0.1, 0.15) is 6.61 Å². The summed E-state index contributed by atoms with van der Waals surface area (Å²) in [4.78, 5) is 54.3. The first-order chi connectivity index (χ1) is 22.0. The van der Waals surface area contributed by atoms with E-state index in [0.717, 1.165) is 76.5 Å². The van der Waals surface area contributed by atoms with Crippen LogP contribution in [0.2, 0.25) is 0 Å². The number of allylic oxidation sites excluding steroid dienone is 4. The molecule has 46 heavy (non-hydrogen) atoms. The Morgan fingerprint density at radius 2 is 1.22 bits per heavy atom. The highest BCUT2D eigenvalue weighted by atomic mass is 31.2. The minimum absolute atomic E-state index is 0.162. The molecular weight excluding hydrogens is 607 g/mol. The normalized spacial score (nSPS) is 12.7. The number of esters is 2. The zero-order chi connectivity index (χ0) is 34.3. The van der Waals surface area contributed by atoms with Crippen molar-refractivity contribution in [1.82, 2.24) is 0 Å². The molecule has 0 aliphatic rings. The van der Waals surface area contributed by atoms with Gasteiger partial charge in [-0.2, -0.15) is 0 Å². The van der Waals surface area contributed by atoms with Crippen LogP contribution in [0.4, 0.5) is 0 Å². The summed E-state index contributed by atoms with van der Waals surface area (Å²) < 4.78 is 26.2. The number of phosphoric acid groups is 1. The van der Waals surface area contributed by atoms with Crippen LogP contribution in [0, 0.1) is 5.92 Å². The maximum absolute atomic E-state index is 12.3. The lowest BCUT2D eigenvalue weighted by molar-refractivity contribution is -0.161. The van der Waals surface area contributed by atoms with E-state index >= 15 is 0 Å². The fraction of sp³-hybridized carbons (Fsp3) is 0.806. The first-order valence-corrected chi connectivity index (χ1v) is 19.5. The monoisotopic (exact) mass is 672 g/mol. The van der Waals surface area contributed by atoms with Gasteiger partial charge in [-0.05, 0) is 44.1 Å². The first kappa shape index (κ1) is 44.2. The molecule has 0 amide bonds. The summed E-state index contributed by atoms with van der Waals surface area (Å²) in [6.07, 6.45) is 27.5. The van der Waals surface area contributed by atoms with Crippen LogP contribution in [-0.2, 0) is 32.9 Å². The predicted molar refractivity (Wildman–Crippen MR) is 184 cm³/mol. The molecule has 0 aromatic carbocycles. The molecule has 0 unspecified atom stereocenters. The van der Waals surface area contributed by atoms with Gasteiger partial charge in [-0.25, -0.2) is 4.57 Å². The summed E-state index contributed by atoms with van der Waals surface area (Å²) in [5, 5.41) is 0. The minimum atomic E-state index is -4.77. The number of hydrogen-bond acceptors (Lipinski definition) is 7. The number of rotatable bonds is 32. The fourth-order valence-electron chi connectivity index (χ4n) is 4.89. The van der Waals surface area contributed by atoms with Crippen LogP contribution < -0.4 is 0 Å². The highest BCUT2D eigenvalue weighted by Gasteiger charge is 2.22. The van der Waals surface area contributed by atoms with Crippen LogP contribution in [0.3, 0.4) is 0 Å². The van der Waals surface area contributed by atoms with Gasteiger partial charge in [-0.1, -0.05) is 129 Å². The van der Waals surface area contributed by atoms with Gasteiger partial charge in [0.15, 0.2) is 11.9 Å². The summed E-state index contributed by atoms with van der Waals surface area (Å²) in [5.41, 5.74) is 0. The van der Waals surface area contributed by atoms with Gasteiger partial charge in [-0.15, -0.1) is 0 Å². The number of carbonyl (C=O) groups excluding carboxylic acids is 3. The number of phosphoric ester groups is 1. The lowest BCUT2D eigenvalue weighted by atomic mass is 10.0. The topological polar surface area (TPSA) is 136 Å². The Bertz CT molecular complexity index is 879. The third-order valence-corrected chi connectivity index (χ3v) is 8.11. The van der Waals surface area contributed by atoms with Crippen molar-refractivity contribution in [2.45, 2.75) is 168 Å². The van der Waals surface area contributed by atoms with Gasteiger partial charge in [0, 0.05) is 19.3 Å². The molecule has 0 spiro atoms. The molecule has 2 N–H and O–H groups in total. The number of hydrogen-bond donors (Lipinski definition) is 2. The van der Waals surface area contributed by atoms with E-state index in [1.54, 1.807) is 12.2 Å². The van der Waals surface area contributed by atoms with Crippen LogP contribution in [0.25, 0.3) is 0 Å². The molecule has 10 heteroatoms. The molecule has 268 valence electrons. The van der Waals surface area contributed by atoms with Crippen molar-refractivity contribution in [2.24, 2.45) is 5.92 Å². The van der Waals surface area contributed by atoms with Crippen molar-refractivity contribution < 1.29 is 42.7 Å². The molecule has 0 heterocycles. The maximum atomic E-state index is 12.3. The summed E-state index contributed by atoms with van der Waals surface area (Å²) in [6, 6.07) is 0. The molecule has 0 fully saturated rings. The lowest BCUT2D eigenvalue weighted by Crippen LogP contribution is -2.29. The summed E-state index contributed by atoms with van der Waals surface area (Å²) >= 11 is 0. The Labute approximate surface area is 279 Å². The van der Waals surface area contributed by atoms with Crippen LogP contribution in [0.1, 0.15) is 162 Å². The van der Waals surface area contributed by atoms with Crippen LogP contribution in [-0.4, -0.2) is 46.8 Å². The second-order valence-electron chi connectivity index (χ2n) is 12.7. The van der Waals surface area contributed by atoms with Crippen molar-refractivity contribution in [3.05, 3.63) is 24.3 Å². The average Bonchev–Trinajstić information content (AvgIpc) is 2.99. The molecule has 0 aliphatic heterocycles. The molecule has 0 saturated carbocycles. The third kappa shape index (κ3) is 33.6. The Morgan fingerprint density at radius 3 is 1.80 bits per heavy atom. The summed E-state index contributed by atoms with van der Waals surface area (Å²) in [5.74, 6) is 0.00561. The van der Waals surface area contributed by atoms with Crippen molar-refractivity contribution in [3.63, 3.8) is 0 Å². The minimum Gasteiger partial charge on any atom is -0.462 e. The fourth-order valence-corrected chi connectivity index (χ4v) is 5.25. The Morgan fingerprint density at radius 1 is 0.674 bits per heavy atom. The van der Waals surface area contributed by atoms with Crippen molar-refractivity contribution in [1.29, 1.82) is 0 Å². The quantitative estimate of drug-likeness (QED) is 0.0235. The molecule has 0 rings (SSSR count). The largest absolute Gasteiger partial charge is 0.469 e. The molecule has 0 bridgehead atoms. The molecular formula is C36H65O9P. The molecule has 0 aromatic heterocycles. The summed E-state index contributed by atoms with van der Waals surface area (Å²) in [7, 11) is -4.77. The zero-order valence-electron chi connectivity index (χ0n) is 29.1. The Hall–Kier alpha value is -1.80. The van der Waals surface area contributed by atoms with Crippen molar-refractivity contribution in [3.8, 4) is 0 Å². The van der Waals surface area contributed by atoms with Gasteiger partial charge in [-0.3, -0.25) is 18.9 Å². The van der Waals surface area contributed by atoms with Gasteiger partial charge in [0.25, 0.3) is 0 Å². The van der Waals surface area contributed by atoms with Gasteiger partial charge in [0.05, 0.1) is 6.61 Å². The van der Waals surface area contributed by atoms with E-state index in [0.29, 0.717) is 19.3 Å². The van der Waals surface area contributed by atoms with E-state index in [9.17, 15) is 18.9 Å². The number of ether oxygens (including phenoxy) is 2. The molecule has 9 nitrogen and oxygen atoms in total. The third-order valence-electron chi connectivity index (χ3n) is 7.63. The van der Waals surface area contributed by atoms with E-state index in [2.05, 4.69) is 31.4 Å². The van der Waals surface area contributed by atoms with Gasteiger partial charge in [0.2, 0.25) is 0 Å². The standard InChI is InChI=1S/C36H65O9P/c1-4-5-20-26-33(37)27-22-17-13-9-7-11-15-19-24-29-36(39)45-34(31-44-46(40,41)42)30-43-35(38)28-23-18-14-10-6-8-12-16-21-25-32(2)3/h13,17,22,27,32,34H,4-12,14-16,18-21,23-26,28-31H2,1-3H3,(H2,40,41,42)/b17-13-,27-22+/t34-/m1/s1. The Kier molecular flexibility index (Phi) is 29.3. The molecule has 0 aromatic rings. The summed E-state index contributed by atoms with van der Waals surface area (Å²) in [6.45, 7) is 5.78. The van der Waals surface area contributed by atoms with E-state index in [1.165, 1.54) is 38.5 Å². The number of unbranched alkanes of at least 4 members (excludes halogenated alkanes) is 15. The second kappa shape index (κ2) is 30.5. The van der Waals surface area contributed by atoms with Gasteiger partial charge >= 0.3 is 19.8 Å². The van der Waals surface area contributed by atoms with Crippen LogP contribution in [0.15, 0.2) is 24.3 Å². The van der Waals surface area contributed by atoms with Crippen molar-refractivity contribution >= 4 is 25.5 Å². The highest BCUT2D eigenvalue weighted by molar-refractivity contribution is 7.46. The molecule has 0 radical (unpaired) electrons. The van der Waals surface area contributed by atoms with Crippen molar-refractivity contribution in [2.75, 3.05) is 13.2 Å². The lowest BCUT2D eigenvalue weighted by Gasteiger charge is -2.18. The Balaban J connectivity index is 4.07. The van der Waals surface area contributed by atoms with Crippen LogP contribution >= 0.6 is 7.82 Å². The SMILES string of the molecule is CCCCCC(=O)/C=C/C=C\CCCCCCCC(=O)O[C@H](COC(=O)CCCCCCCCCCCC(C)C)COP(=O)(O)O. The molecule has 1 atom stereocenters.